The van der Waals surface area contributed by atoms with Gasteiger partial charge in [0, 0.05) is 32.0 Å². The maximum Gasteiger partial charge on any atom is 0.410 e. The van der Waals surface area contributed by atoms with Gasteiger partial charge in [0.05, 0.1) is 0 Å². The summed E-state index contributed by atoms with van der Waals surface area (Å²) in [5, 5.41) is 0.373. The zero-order chi connectivity index (χ0) is 17.5. The molecule has 130 valence electrons. The van der Waals surface area contributed by atoms with Gasteiger partial charge >= 0.3 is 6.09 Å². The third-order valence-corrected chi connectivity index (χ3v) is 4.24. The predicted octanol–water partition coefficient (Wildman–Crippen LogP) is 2.91. The van der Waals surface area contributed by atoms with Gasteiger partial charge in [0.2, 0.25) is 0 Å². The Balaban J connectivity index is 1.67. The minimum Gasteiger partial charge on any atom is -0.444 e. The highest BCUT2D eigenvalue weighted by Crippen LogP contribution is 2.26. The molecule has 0 aromatic carbocycles. The van der Waals surface area contributed by atoms with E-state index in [4.69, 9.17) is 16.3 Å². The van der Waals surface area contributed by atoms with Crippen molar-refractivity contribution in [3.05, 3.63) is 17.3 Å². The Labute approximate surface area is 146 Å². The molecule has 0 radical (unpaired) electrons. The van der Waals surface area contributed by atoms with Crippen molar-refractivity contribution >= 4 is 28.9 Å². The molecule has 8 heteroatoms. The lowest BCUT2D eigenvalue weighted by Gasteiger charge is -2.39. The van der Waals surface area contributed by atoms with Crippen LogP contribution in [0.25, 0.3) is 11.2 Å². The van der Waals surface area contributed by atoms with Gasteiger partial charge in [0.25, 0.3) is 0 Å². The molecule has 1 aliphatic rings. The number of imidazole rings is 1. The van der Waals surface area contributed by atoms with E-state index in [1.807, 2.05) is 20.8 Å². The van der Waals surface area contributed by atoms with E-state index in [0.29, 0.717) is 29.7 Å². The van der Waals surface area contributed by atoms with Crippen LogP contribution < -0.4 is 0 Å². The third kappa shape index (κ3) is 3.31. The first kappa shape index (κ1) is 17.0. The van der Waals surface area contributed by atoms with Gasteiger partial charge in [-0.3, -0.25) is 0 Å². The van der Waals surface area contributed by atoms with Crippen LogP contribution >= 0.6 is 11.6 Å². The summed E-state index contributed by atoms with van der Waals surface area (Å²) >= 11 is 6.11. The molecule has 3 rings (SSSR count). The fourth-order valence-corrected chi connectivity index (χ4v) is 3.05. The second kappa shape index (κ2) is 6.20. The summed E-state index contributed by atoms with van der Waals surface area (Å²) in [6, 6.07) is 0. The van der Waals surface area contributed by atoms with E-state index < -0.39 is 5.60 Å². The summed E-state index contributed by atoms with van der Waals surface area (Å²) in [4.78, 5) is 26.6. The zero-order valence-electron chi connectivity index (χ0n) is 14.4. The lowest BCUT2D eigenvalue weighted by atomic mass is 9.96. The summed E-state index contributed by atoms with van der Waals surface area (Å²) in [5.41, 5.74) is 0.934. The number of aromatic nitrogens is 4. The average molecular weight is 352 g/mol. The Morgan fingerprint density at radius 2 is 2.08 bits per heavy atom. The van der Waals surface area contributed by atoms with Crippen LogP contribution in [0.15, 0.2) is 6.33 Å². The van der Waals surface area contributed by atoms with E-state index in [1.54, 1.807) is 4.90 Å². The normalized spacial score (nSPS) is 15.6. The average Bonchev–Trinajstić information content (AvgIpc) is 2.79. The topological polar surface area (TPSA) is 73.1 Å². The van der Waals surface area contributed by atoms with Gasteiger partial charge in [0.1, 0.15) is 23.3 Å². The Hall–Kier alpha value is -1.89. The number of nitrogens with zero attached hydrogens (tertiary/aromatic N) is 5. The first-order valence-electron chi connectivity index (χ1n) is 8.12. The summed E-state index contributed by atoms with van der Waals surface area (Å²) in [7, 11) is 0. The zero-order valence-corrected chi connectivity index (χ0v) is 15.2. The number of carbonyl (C=O) groups excluding carboxylic acids is 1. The molecule has 0 bridgehead atoms. The number of likely N-dealkylation sites (tertiary alicyclic amines) is 1. The van der Waals surface area contributed by atoms with Crippen LogP contribution in [0.4, 0.5) is 4.79 Å². The fraction of sp³-hybridized carbons (Fsp3) is 0.625. The number of fused-ring (bicyclic) bond motifs is 1. The van der Waals surface area contributed by atoms with E-state index in [9.17, 15) is 4.79 Å². The Bertz CT molecular complexity index is 762. The minimum absolute atomic E-state index is 0.253. The van der Waals surface area contributed by atoms with Gasteiger partial charge in [-0.2, -0.15) is 0 Å². The number of aryl methyl sites for hydroxylation is 1. The maximum absolute atomic E-state index is 12.0. The van der Waals surface area contributed by atoms with Gasteiger partial charge in [-0.25, -0.2) is 19.7 Å². The number of amides is 1. The highest BCUT2D eigenvalue weighted by atomic mass is 35.5. The predicted molar refractivity (Wildman–Crippen MR) is 91.0 cm³/mol. The van der Waals surface area contributed by atoms with Crippen molar-refractivity contribution < 1.29 is 9.53 Å². The standard InChI is InChI=1S/C16H22ClN5O2/c1-5-22-11(20-12-13(17)18-9-19-14(12)22)6-10-7-21(8-10)15(23)24-16(2,3)4/h9-10H,5-8H2,1-4H3. The first-order chi connectivity index (χ1) is 11.3. The van der Waals surface area contributed by atoms with Crippen LogP contribution in [0.2, 0.25) is 5.15 Å². The smallest absolute Gasteiger partial charge is 0.410 e. The Kier molecular flexibility index (Phi) is 4.38. The van der Waals surface area contributed by atoms with Gasteiger partial charge in [-0.1, -0.05) is 11.6 Å². The van der Waals surface area contributed by atoms with Gasteiger partial charge in [0.15, 0.2) is 10.8 Å². The molecule has 0 atom stereocenters. The molecular formula is C16H22ClN5O2. The maximum atomic E-state index is 12.0. The largest absolute Gasteiger partial charge is 0.444 e. The molecule has 0 N–H and O–H groups in total. The van der Waals surface area contributed by atoms with Gasteiger partial charge in [-0.05, 0) is 27.7 Å². The summed E-state index contributed by atoms with van der Waals surface area (Å²) in [6.07, 6.45) is 1.98. The van der Waals surface area contributed by atoms with E-state index in [1.165, 1.54) is 6.33 Å². The van der Waals surface area contributed by atoms with Gasteiger partial charge in [-0.15, -0.1) is 0 Å². The number of halogens is 1. The van der Waals surface area contributed by atoms with Crippen molar-refractivity contribution in [2.45, 2.75) is 46.3 Å². The van der Waals surface area contributed by atoms with Gasteiger partial charge < -0.3 is 14.2 Å². The number of ether oxygens (including phenoxy) is 1. The van der Waals surface area contributed by atoms with Crippen molar-refractivity contribution in [2.75, 3.05) is 13.1 Å². The highest BCUT2D eigenvalue weighted by molar-refractivity contribution is 6.33. The number of rotatable bonds is 3. The van der Waals surface area contributed by atoms with Crippen molar-refractivity contribution in [1.82, 2.24) is 24.4 Å². The first-order valence-corrected chi connectivity index (χ1v) is 8.50. The molecule has 2 aromatic heterocycles. The molecule has 0 spiro atoms. The van der Waals surface area contributed by atoms with Crippen LogP contribution in [0, 0.1) is 5.92 Å². The molecule has 0 unspecified atom stereocenters. The molecule has 1 saturated heterocycles. The van der Waals surface area contributed by atoms with Crippen molar-refractivity contribution in [2.24, 2.45) is 5.92 Å². The van der Waals surface area contributed by atoms with Crippen molar-refractivity contribution in [3.63, 3.8) is 0 Å². The molecule has 0 saturated carbocycles. The van der Waals surface area contributed by atoms with Crippen LogP contribution in [0.1, 0.15) is 33.5 Å². The van der Waals surface area contributed by atoms with E-state index in [2.05, 4.69) is 26.4 Å². The Morgan fingerprint density at radius 1 is 1.38 bits per heavy atom. The molecule has 7 nitrogen and oxygen atoms in total. The highest BCUT2D eigenvalue weighted by Gasteiger charge is 2.34. The van der Waals surface area contributed by atoms with Crippen LogP contribution in [0.5, 0.6) is 0 Å². The quantitative estimate of drug-likeness (QED) is 0.795. The van der Waals surface area contributed by atoms with E-state index in [0.717, 1.165) is 24.4 Å². The number of carbonyl (C=O) groups is 1. The van der Waals surface area contributed by atoms with E-state index >= 15 is 0 Å². The lowest BCUT2D eigenvalue weighted by molar-refractivity contribution is -0.00122. The third-order valence-electron chi connectivity index (χ3n) is 3.96. The molecule has 3 heterocycles. The molecule has 1 aliphatic heterocycles. The molecule has 24 heavy (non-hydrogen) atoms. The number of hydrogen-bond acceptors (Lipinski definition) is 5. The summed E-state index contributed by atoms with van der Waals surface area (Å²) in [6.45, 7) is 9.79. The van der Waals surface area contributed by atoms with E-state index in [-0.39, 0.29) is 6.09 Å². The molecule has 1 amide bonds. The monoisotopic (exact) mass is 351 g/mol. The fourth-order valence-electron chi connectivity index (χ4n) is 2.87. The second-order valence-electron chi connectivity index (χ2n) is 7.06. The minimum atomic E-state index is -0.465. The van der Waals surface area contributed by atoms with Crippen LogP contribution in [0.3, 0.4) is 0 Å². The lowest BCUT2D eigenvalue weighted by Crippen LogP contribution is -2.52. The molecule has 0 aliphatic carbocycles. The summed E-state index contributed by atoms with van der Waals surface area (Å²) < 4.78 is 7.43. The van der Waals surface area contributed by atoms with Crippen LogP contribution in [-0.2, 0) is 17.7 Å². The molecule has 2 aromatic rings. The Morgan fingerprint density at radius 3 is 2.71 bits per heavy atom. The molecule has 1 fully saturated rings. The second-order valence-corrected chi connectivity index (χ2v) is 7.42. The van der Waals surface area contributed by atoms with Crippen LogP contribution in [-0.4, -0.2) is 49.2 Å². The summed E-state index contributed by atoms with van der Waals surface area (Å²) in [5.74, 6) is 1.30. The number of hydrogen-bond donors (Lipinski definition) is 0. The molecular weight excluding hydrogens is 330 g/mol. The van der Waals surface area contributed by atoms with Crippen molar-refractivity contribution in [1.29, 1.82) is 0 Å². The van der Waals surface area contributed by atoms with Crippen molar-refractivity contribution in [3.8, 4) is 0 Å². The SMILES string of the molecule is CCn1c(CC2CN(C(=O)OC(C)(C)C)C2)nc2c(Cl)ncnc21.